The Kier molecular flexibility index (Phi) is 3.05. The number of hydrogen-bond acceptors (Lipinski definition) is 2. The standard InChI is InChI=1S/C13H11FO2/c1-15-11-6-8-13(9-7-11)16-12-4-2-10(14)3-5-12/h2-9H,1H3. The lowest BCUT2D eigenvalue weighted by Crippen LogP contribution is -1.85. The Labute approximate surface area is 93.2 Å². The maximum atomic E-state index is 12.7. The van der Waals surface area contributed by atoms with Crippen molar-refractivity contribution in [3.8, 4) is 17.2 Å². The van der Waals surface area contributed by atoms with Gasteiger partial charge in [-0.2, -0.15) is 0 Å². The second-order valence-corrected chi connectivity index (χ2v) is 3.23. The highest BCUT2D eigenvalue weighted by molar-refractivity contribution is 5.35. The van der Waals surface area contributed by atoms with Gasteiger partial charge in [0.1, 0.15) is 23.1 Å². The third kappa shape index (κ3) is 2.51. The topological polar surface area (TPSA) is 18.5 Å². The fourth-order valence-corrected chi connectivity index (χ4v) is 1.28. The maximum Gasteiger partial charge on any atom is 0.127 e. The summed E-state index contributed by atoms with van der Waals surface area (Å²) in [6, 6.07) is 13.1. The first-order valence-corrected chi connectivity index (χ1v) is 4.85. The highest BCUT2D eigenvalue weighted by Gasteiger charge is 1.98. The van der Waals surface area contributed by atoms with Crippen molar-refractivity contribution in [1.29, 1.82) is 0 Å². The number of rotatable bonds is 3. The smallest absolute Gasteiger partial charge is 0.127 e. The SMILES string of the molecule is COc1ccc(Oc2ccc(F)cc2)cc1. The molecule has 0 atom stereocenters. The van der Waals surface area contributed by atoms with E-state index in [4.69, 9.17) is 9.47 Å². The average Bonchev–Trinajstić information content (AvgIpc) is 2.33. The van der Waals surface area contributed by atoms with E-state index in [9.17, 15) is 4.39 Å². The largest absolute Gasteiger partial charge is 0.497 e. The summed E-state index contributed by atoms with van der Waals surface area (Å²) in [6.07, 6.45) is 0. The third-order valence-electron chi connectivity index (χ3n) is 2.11. The summed E-state index contributed by atoms with van der Waals surface area (Å²) in [5, 5.41) is 0. The van der Waals surface area contributed by atoms with Gasteiger partial charge in [0.15, 0.2) is 0 Å². The summed E-state index contributed by atoms with van der Waals surface area (Å²) in [4.78, 5) is 0. The van der Waals surface area contributed by atoms with Crippen LogP contribution in [0.3, 0.4) is 0 Å². The molecule has 0 aliphatic carbocycles. The molecule has 0 aromatic heterocycles. The number of ether oxygens (including phenoxy) is 2. The van der Waals surface area contributed by atoms with Crippen LogP contribution >= 0.6 is 0 Å². The zero-order chi connectivity index (χ0) is 11.4. The van der Waals surface area contributed by atoms with Crippen molar-refractivity contribution in [2.45, 2.75) is 0 Å². The van der Waals surface area contributed by atoms with Crippen molar-refractivity contribution in [1.82, 2.24) is 0 Å². The van der Waals surface area contributed by atoms with Crippen LogP contribution in [-0.4, -0.2) is 7.11 Å². The molecule has 2 aromatic rings. The molecule has 0 unspecified atom stereocenters. The Morgan fingerprint density at radius 3 is 1.69 bits per heavy atom. The molecule has 0 N–H and O–H groups in total. The Bertz CT molecular complexity index is 448. The summed E-state index contributed by atoms with van der Waals surface area (Å²) >= 11 is 0. The second-order valence-electron chi connectivity index (χ2n) is 3.23. The molecule has 2 nitrogen and oxygen atoms in total. The molecule has 0 saturated carbocycles. The first-order valence-electron chi connectivity index (χ1n) is 4.85. The third-order valence-corrected chi connectivity index (χ3v) is 2.11. The lowest BCUT2D eigenvalue weighted by Gasteiger charge is -2.06. The van der Waals surface area contributed by atoms with E-state index in [1.807, 2.05) is 0 Å². The maximum absolute atomic E-state index is 12.7. The highest BCUT2D eigenvalue weighted by Crippen LogP contribution is 2.23. The van der Waals surface area contributed by atoms with Crippen LogP contribution in [0.2, 0.25) is 0 Å². The van der Waals surface area contributed by atoms with Crippen molar-refractivity contribution in [3.63, 3.8) is 0 Å². The fourth-order valence-electron chi connectivity index (χ4n) is 1.28. The molecule has 0 aliphatic heterocycles. The van der Waals surface area contributed by atoms with Crippen LogP contribution < -0.4 is 9.47 Å². The minimum Gasteiger partial charge on any atom is -0.497 e. The van der Waals surface area contributed by atoms with Gasteiger partial charge in [0.05, 0.1) is 7.11 Å². The van der Waals surface area contributed by atoms with E-state index in [2.05, 4.69) is 0 Å². The average molecular weight is 218 g/mol. The van der Waals surface area contributed by atoms with E-state index in [1.165, 1.54) is 12.1 Å². The molecule has 0 amide bonds. The van der Waals surface area contributed by atoms with Crippen molar-refractivity contribution in [3.05, 3.63) is 54.3 Å². The Morgan fingerprint density at radius 2 is 1.19 bits per heavy atom. The number of hydrogen-bond donors (Lipinski definition) is 0. The molecular weight excluding hydrogens is 207 g/mol. The van der Waals surface area contributed by atoms with Crippen LogP contribution in [0.1, 0.15) is 0 Å². The van der Waals surface area contributed by atoms with E-state index in [0.29, 0.717) is 11.5 Å². The molecule has 2 rings (SSSR count). The van der Waals surface area contributed by atoms with Crippen LogP contribution in [0.4, 0.5) is 4.39 Å². The predicted octanol–water partition coefficient (Wildman–Crippen LogP) is 3.63. The second kappa shape index (κ2) is 4.66. The predicted molar refractivity (Wildman–Crippen MR) is 59.5 cm³/mol. The summed E-state index contributed by atoms with van der Waals surface area (Å²) in [7, 11) is 1.61. The van der Waals surface area contributed by atoms with Gasteiger partial charge >= 0.3 is 0 Å². The van der Waals surface area contributed by atoms with Crippen molar-refractivity contribution < 1.29 is 13.9 Å². The molecule has 0 bridgehead atoms. The van der Waals surface area contributed by atoms with Gasteiger partial charge in [-0.15, -0.1) is 0 Å². The van der Waals surface area contributed by atoms with Crippen LogP contribution in [0.25, 0.3) is 0 Å². The first kappa shape index (κ1) is 10.5. The van der Waals surface area contributed by atoms with Crippen LogP contribution in [0.15, 0.2) is 48.5 Å². The van der Waals surface area contributed by atoms with Gasteiger partial charge in [0.25, 0.3) is 0 Å². The van der Waals surface area contributed by atoms with Crippen LogP contribution in [0, 0.1) is 5.82 Å². The zero-order valence-electron chi connectivity index (χ0n) is 8.81. The lowest BCUT2D eigenvalue weighted by molar-refractivity contribution is 0.413. The van der Waals surface area contributed by atoms with E-state index >= 15 is 0 Å². The molecule has 3 heteroatoms. The Hall–Kier alpha value is -2.03. The Balaban J connectivity index is 2.11. The normalized spacial score (nSPS) is 9.88. The summed E-state index contributed by atoms with van der Waals surface area (Å²) < 4.78 is 23.2. The molecule has 0 spiro atoms. The monoisotopic (exact) mass is 218 g/mol. The van der Waals surface area contributed by atoms with Gasteiger partial charge < -0.3 is 9.47 Å². The van der Waals surface area contributed by atoms with Crippen molar-refractivity contribution in [2.24, 2.45) is 0 Å². The van der Waals surface area contributed by atoms with Crippen LogP contribution in [-0.2, 0) is 0 Å². The molecule has 0 aliphatic rings. The van der Waals surface area contributed by atoms with Gasteiger partial charge in [-0.25, -0.2) is 4.39 Å². The quantitative estimate of drug-likeness (QED) is 0.783. The molecule has 0 radical (unpaired) electrons. The highest BCUT2D eigenvalue weighted by atomic mass is 19.1. The summed E-state index contributed by atoms with van der Waals surface area (Å²) in [5.74, 6) is 1.78. The van der Waals surface area contributed by atoms with E-state index < -0.39 is 0 Å². The number of benzene rings is 2. The van der Waals surface area contributed by atoms with E-state index in [0.717, 1.165) is 5.75 Å². The van der Waals surface area contributed by atoms with Crippen molar-refractivity contribution in [2.75, 3.05) is 7.11 Å². The van der Waals surface area contributed by atoms with Gasteiger partial charge in [-0.1, -0.05) is 0 Å². The lowest BCUT2D eigenvalue weighted by atomic mass is 10.3. The number of halogens is 1. The summed E-state index contributed by atoms with van der Waals surface area (Å²) in [5.41, 5.74) is 0. The minimum atomic E-state index is -0.276. The van der Waals surface area contributed by atoms with E-state index in [1.54, 1.807) is 43.5 Å². The summed E-state index contributed by atoms with van der Waals surface area (Å²) in [6.45, 7) is 0. The first-order chi connectivity index (χ1) is 7.78. The number of methoxy groups -OCH3 is 1. The van der Waals surface area contributed by atoms with Gasteiger partial charge in [-0.05, 0) is 48.5 Å². The molecule has 82 valence electrons. The van der Waals surface area contributed by atoms with Crippen LogP contribution in [0.5, 0.6) is 17.2 Å². The molecule has 0 heterocycles. The van der Waals surface area contributed by atoms with E-state index in [-0.39, 0.29) is 5.82 Å². The zero-order valence-corrected chi connectivity index (χ0v) is 8.81. The Morgan fingerprint density at radius 1 is 0.750 bits per heavy atom. The molecule has 2 aromatic carbocycles. The van der Waals surface area contributed by atoms with Crippen molar-refractivity contribution >= 4 is 0 Å². The fraction of sp³-hybridized carbons (Fsp3) is 0.0769. The van der Waals surface area contributed by atoms with Gasteiger partial charge in [-0.3, -0.25) is 0 Å². The molecule has 0 fully saturated rings. The van der Waals surface area contributed by atoms with Gasteiger partial charge in [0.2, 0.25) is 0 Å². The molecular formula is C13H11FO2. The minimum absolute atomic E-state index is 0.276. The molecule has 16 heavy (non-hydrogen) atoms. The molecule has 0 saturated heterocycles. The van der Waals surface area contributed by atoms with Gasteiger partial charge in [0, 0.05) is 0 Å².